The van der Waals surface area contributed by atoms with Crippen LogP contribution in [0.3, 0.4) is 0 Å². The van der Waals surface area contributed by atoms with Gasteiger partial charge in [-0.05, 0) is 55.3 Å². The highest BCUT2D eigenvalue weighted by molar-refractivity contribution is 7.89. The van der Waals surface area contributed by atoms with Gasteiger partial charge < -0.3 is 9.52 Å². The summed E-state index contributed by atoms with van der Waals surface area (Å²) in [4.78, 5) is 16.0. The summed E-state index contributed by atoms with van der Waals surface area (Å²) in [5.41, 5.74) is 1.65. The Labute approximate surface area is 161 Å². The summed E-state index contributed by atoms with van der Waals surface area (Å²) in [6.07, 6.45) is 1.63. The monoisotopic (exact) mass is 403 g/mol. The van der Waals surface area contributed by atoms with E-state index < -0.39 is 15.8 Å². The van der Waals surface area contributed by atoms with E-state index in [4.69, 9.17) is 4.42 Å². The molecule has 0 amide bonds. The first-order valence-electron chi connectivity index (χ1n) is 9.04. The fourth-order valence-corrected chi connectivity index (χ4v) is 4.88. The largest absolute Gasteiger partial charge is 0.508 e. The standard InChI is InChI=1S/C19H21N3O5S/c23-15-5-1-3-13(9-15)11-22-8-2-4-14(12-22)21-28(25,26)16-6-7-18-17(10-16)20-19(24)27-18/h1,3,5-7,9-10,14,21,23H,2,4,8,11-12H2,(H,20,24)/t14-/m1/s1. The lowest BCUT2D eigenvalue weighted by Gasteiger charge is -2.33. The van der Waals surface area contributed by atoms with Gasteiger partial charge in [0.15, 0.2) is 5.58 Å². The van der Waals surface area contributed by atoms with E-state index in [1.807, 2.05) is 6.07 Å². The zero-order chi connectivity index (χ0) is 19.7. The lowest BCUT2D eigenvalue weighted by molar-refractivity contribution is 0.194. The zero-order valence-electron chi connectivity index (χ0n) is 15.1. The normalized spacial score (nSPS) is 18.5. The number of hydrogen-bond donors (Lipinski definition) is 3. The van der Waals surface area contributed by atoms with Crippen LogP contribution in [-0.4, -0.2) is 42.5 Å². The number of benzene rings is 2. The van der Waals surface area contributed by atoms with Gasteiger partial charge in [0.05, 0.1) is 10.4 Å². The van der Waals surface area contributed by atoms with Crippen molar-refractivity contribution in [3.63, 3.8) is 0 Å². The molecule has 0 bridgehead atoms. The molecule has 9 heteroatoms. The number of piperidine rings is 1. The molecular formula is C19H21N3O5S. The van der Waals surface area contributed by atoms with E-state index in [9.17, 15) is 18.3 Å². The highest BCUT2D eigenvalue weighted by atomic mass is 32.2. The third kappa shape index (κ3) is 4.11. The number of nitrogens with zero attached hydrogens (tertiary/aromatic N) is 1. The summed E-state index contributed by atoms with van der Waals surface area (Å²) in [5.74, 6) is -0.396. The Balaban J connectivity index is 1.46. The molecule has 1 aromatic heterocycles. The van der Waals surface area contributed by atoms with E-state index in [1.54, 1.807) is 18.2 Å². The third-order valence-electron chi connectivity index (χ3n) is 4.84. The SMILES string of the molecule is O=c1[nH]c2cc(S(=O)(=O)N[C@@H]3CCCN(Cc4cccc(O)c4)C3)ccc2o1. The minimum Gasteiger partial charge on any atom is -0.508 e. The van der Waals surface area contributed by atoms with Crippen LogP contribution in [0.1, 0.15) is 18.4 Å². The lowest BCUT2D eigenvalue weighted by atomic mass is 10.1. The number of phenols is 1. The second kappa shape index (κ2) is 7.42. The number of oxazole rings is 1. The molecule has 3 aromatic rings. The molecule has 0 spiro atoms. The first-order chi connectivity index (χ1) is 13.4. The number of nitrogens with one attached hydrogen (secondary N) is 2. The summed E-state index contributed by atoms with van der Waals surface area (Å²) in [7, 11) is -3.73. The predicted octanol–water partition coefficient (Wildman–Crippen LogP) is 1.77. The molecule has 2 aromatic carbocycles. The Morgan fingerprint density at radius 1 is 1.25 bits per heavy atom. The molecule has 1 fully saturated rings. The quantitative estimate of drug-likeness (QED) is 0.598. The summed E-state index contributed by atoms with van der Waals surface area (Å²) in [6.45, 7) is 2.10. The van der Waals surface area contributed by atoms with Crippen LogP contribution in [0.4, 0.5) is 0 Å². The van der Waals surface area contributed by atoms with Crippen LogP contribution in [-0.2, 0) is 16.6 Å². The van der Waals surface area contributed by atoms with Crippen molar-refractivity contribution in [1.29, 1.82) is 0 Å². The number of aromatic nitrogens is 1. The number of phenolic OH excluding ortho intramolecular Hbond substituents is 1. The number of hydrogen-bond acceptors (Lipinski definition) is 6. The van der Waals surface area contributed by atoms with Gasteiger partial charge >= 0.3 is 5.76 Å². The average molecular weight is 403 g/mol. The van der Waals surface area contributed by atoms with Crippen molar-refractivity contribution in [2.45, 2.75) is 30.3 Å². The number of sulfonamides is 1. The van der Waals surface area contributed by atoms with Crippen LogP contribution in [0.25, 0.3) is 11.1 Å². The van der Waals surface area contributed by atoms with Crippen molar-refractivity contribution in [2.75, 3.05) is 13.1 Å². The van der Waals surface area contributed by atoms with E-state index in [-0.39, 0.29) is 16.7 Å². The fraction of sp³-hybridized carbons (Fsp3) is 0.316. The maximum atomic E-state index is 12.8. The molecule has 0 radical (unpaired) electrons. The molecule has 8 nitrogen and oxygen atoms in total. The van der Waals surface area contributed by atoms with Crippen LogP contribution in [0.2, 0.25) is 0 Å². The van der Waals surface area contributed by atoms with E-state index in [0.717, 1.165) is 24.9 Å². The Bertz CT molecular complexity index is 1150. The van der Waals surface area contributed by atoms with Gasteiger partial charge in [0, 0.05) is 19.1 Å². The summed E-state index contributed by atoms with van der Waals surface area (Å²) < 4.78 is 33.2. The van der Waals surface area contributed by atoms with Crippen LogP contribution < -0.4 is 10.5 Å². The lowest BCUT2D eigenvalue weighted by Crippen LogP contribution is -2.47. The van der Waals surface area contributed by atoms with Gasteiger partial charge in [-0.15, -0.1) is 0 Å². The number of likely N-dealkylation sites (tertiary alicyclic amines) is 1. The van der Waals surface area contributed by atoms with E-state index in [0.29, 0.717) is 24.2 Å². The second-order valence-corrected chi connectivity index (χ2v) is 8.75. The smallest absolute Gasteiger partial charge is 0.417 e. The summed E-state index contributed by atoms with van der Waals surface area (Å²) >= 11 is 0. The van der Waals surface area contributed by atoms with Gasteiger partial charge in [-0.25, -0.2) is 17.9 Å². The molecule has 148 valence electrons. The number of aromatic amines is 1. The maximum absolute atomic E-state index is 12.8. The van der Waals surface area contributed by atoms with Crippen molar-refractivity contribution in [3.8, 4) is 5.75 Å². The molecule has 2 heterocycles. The van der Waals surface area contributed by atoms with Gasteiger partial charge in [0.1, 0.15) is 5.75 Å². The molecule has 3 N–H and O–H groups in total. The highest BCUT2D eigenvalue weighted by Gasteiger charge is 2.25. The van der Waals surface area contributed by atoms with Crippen molar-refractivity contribution >= 4 is 21.1 Å². The van der Waals surface area contributed by atoms with E-state index in [1.165, 1.54) is 18.2 Å². The molecule has 28 heavy (non-hydrogen) atoms. The van der Waals surface area contributed by atoms with Gasteiger partial charge in [-0.2, -0.15) is 0 Å². The predicted molar refractivity (Wildman–Crippen MR) is 104 cm³/mol. The number of H-pyrrole nitrogens is 1. The van der Waals surface area contributed by atoms with Crippen molar-refractivity contribution in [3.05, 3.63) is 58.6 Å². The van der Waals surface area contributed by atoms with Crippen LogP contribution in [0.15, 0.2) is 56.6 Å². The molecular weight excluding hydrogens is 382 g/mol. The molecule has 1 atom stereocenters. The van der Waals surface area contributed by atoms with Crippen molar-refractivity contribution in [2.24, 2.45) is 0 Å². The van der Waals surface area contributed by atoms with E-state index in [2.05, 4.69) is 14.6 Å². The minimum atomic E-state index is -3.73. The van der Waals surface area contributed by atoms with Gasteiger partial charge in [0.2, 0.25) is 10.0 Å². The Kier molecular flexibility index (Phi) is 4.96. The zero-order valence-corrected chi connectivity index (χ0v) is 15.9. The highest BCUT2D eigenvalue weighted by Crippen LogP contribution is 2.20. The van der Waals surface area contributed by atoms with Crippen molar-refractivity contribution in [1.82, 2.24) is 14.6 Å². The molecule has 0 aliphatic carbocycles. The van der Waals surface area contributed by atoms with Gasteiger partial charge in [0.25, 0.3) is 0 Å². The fourth-order valence-electron chi connectivity index (χ4n) is 3.59. The Morgan fingerprint density at radius 3 is 2.93 bits per heavy atom. The molecule has 0 unspecified atom stereocenters. The minimum absolute atomic E-state index is 0.0853. The molecule has 1 aliphatic rings. The van der Waals surface area contributed by atoms with Gasteiger partial charge in [-0.1, -0.05) is 12.1 Å². The first-order valence-corrected chi connectivity index (χ1v) is 10.5. The third-order valence-corrected chi connectivity index (χ3v) is 6.36. The number of rotatable bonds is 5. The molecule has 4 rings (SSSR count). The van der Waals surface area contributed by atoms with Crippen LogP contribution in [0.5, 0.6) is 5.75 Å². The number of aromatic hydroxyl groups is 1. The number of fused-ring (bicyclic) bond motifs is 1. The second-order valence-electron chi connectivity index (χ2n) is 7.04. The van der Waals surface area contributed by atoms with E-state index >= 15 is 0 Å². The maximum Gasteiger partial charge on any atom is 0.417 e. The molecule has 1 aliphatic heterocycles. The molecule has 1 saturated heterocycles. The Morgan fingerprint density at radius 2 is 2.11 bits per heavy atom. The Hall–Kier alpha value is -2.62. The van der Waals surface area contributed by atoms with Crippen molar-refractivity contribution < 1.29 is 17.9 Å². The average Bonchev–Trinajstić information content (AvgIpc) is 3.01. The molecule has 0 saturated carbocycles. The first kappa shape index (κ1) is 18.7. The topological polar surface area (TPSA) is 116 Å². The van der Waals surface area contributed by atoms with Crippen LogP contribution >= 0.6 is 0 Å². The summed E-state index contributed by atoms with van der Waals surface area (Å²) in [6, 6.07) is 11.2. The summed E-state index contributed by atoms with van der Waals surface area (Å²) in [5, 5.41) is 9.61. The van der Waals surface area contributed by atoms with Gasteiger partial charge in [-0.3, -0.25) is 9.88 Å². The van der Waals surface area contributed by atoms with Crippen LogP contribution in [0, 0.1) is 0 Å².